The molecule has 21 heavy (non-hydrogen) atoms. The fourth-order valence-corrected chi connectivity index (χ4v) is 1.79. The number of amides is 1. The van der Waals surface area contributed by atoms with Gasteiger partial charge in [0.05, 0.1) is 12.7 Å². The summed E-state index contributed by atoms with van der Waals surface area (Å²) in [5.41, 5.74) is 1.03. The molecule has 2 N–H and O–H groups in total. The summed E-state index contributed by atoms with van der Waals surface area (Å²) in [6.07, 6.45) is 1.36. The number of aromatic amines is 1. The van der Waals surface area contributed by atoms with Gasteiger partial charge in [-0.25, -0.2) is 4.79 Å². The van der Waals surface area contributed by atoms with Crippen molar-refractivity contribution in [1.82, 2.24) is 4.98 Å². The lowest BCUT2D eigenvalue weighted by Crippen LogP contribution is -2.21. The van der Waals surface area contributed by atoms with Gasteiger partial charge in [0.2, 0.25) is 0 Å². The standard InChI is InChI=1S/C15H14N2O4/c1-9-6-13(18)12(8-16-9)14(19)17-11-5-3-4-10(7-11)15(20)21-2/h3-8H,1-2H3,(H,16,18)(H,17,19). The number of ether oxygens (including phenoxy) is 1. The molecule has 0 aliphatic heterocycles. The minimum absolute atomic E-state index is 0.00377. The zero-order valence-corrected chi connectivity index (χ0v) is 11.6. The number of rotatable bonds is 3. The quantitative estimate of drug-likeness (QED) is 0.841. The molecule has 2 aromatic rings. The molecule has 0 aliphatic rings. The van der Waals surface area contributed by atoms with E-state index in [1.807, 2.05) is 0 Å². The maximum atomic E-state index is 12.0. The molecule has 2 rings (SSSR count). The predicted molar refractivity (Wildman–Crippen MR) is 77.5 cm³/mol. The third kappa shape index (κ3) is 3.36. The SMILES string of the molecule is COC(=O)c1cccc(NC(=O)c2c[nH]c(C)cc2=O)c1. The van der Waals surface area contributed by atoms with E-state index in [2.05, 4.69) is 15.0 Å². The minimum Gasteiger partial charge on any atom is -0.465 e. The first-order valence-corrected chi connectivity index (χ1v) is 6.20. The number of nitrogens with one attached hydrogen (secondary N) is 2. The van der Waals surface area contributed by atoms with Crippen molar-refractivity contribution in [1.29, 1.82) is 0 Å². The molecule has 0 fully saturated rings. The molecule has 0 unspecified atom stereocenters. The van der Waals surface area contributed by atoms with Crippen LogP contribution in [0.4, 0.5) is 5.69 Å². The maximum Gasteiger partial charge on any atom is 0.337 e. The van der Waals surface area contributed by atoms with Crippen molar-refractivity contribution in [3.8, 4) is 0 Å². The summed E-state index contributed by atoms with van der Waals surface area (Å²) in [7, 11) is 1.28. The second-order valence-electron chi connectivity index (χ2n) is 4.42. The van der Waals surface area contributed by atoms with E-state index in [-0.39, 0.29) is 11.0 Å². The molecule has 0 saturated heterocycles. The Kier molecular flexibility index (Phi) is 4.18. The van der Waals surface area contributed by atoms with E-state index in [4.69, 9.17) is 0 Å². The van der Waals surface area contributed by atoms with Crippen LogP contribution in [0.15, 0.2) is 41.3 Å². The molecule has 0 atom stereocenters. The summed E-state index contributed by atoms with van der Waals surface area (Å²) in [4.78, 5) is 38.0. The van der Waals surface area contributed by atoms with E-state index in [1.165, 1.54) is 25.4 Å². The summed E-state index contributed by atoms with van der Waals surface area (Å²) in [5.74, 6) is -1.04. The van der Waals surface area contributed by atoms with Crippen LogP contribution < -0.4 is 10.7 Å². The second-order valence-corrected chi connectivity index (χ2v) is 4.42. The Balaban J connectivity index is 2.23. The molecular weight excluding hydrogens is 272 g/mol. The fourth-order valence-electron chi connectivity index (χ4n) is 1.79. The lowest BCUT2D eigenvalue weighted by atomic mass is 10.2. The fraction of sp³-hybridized carbons (Fsp3) is 0.133. The van der Waals surface area contributed by atoms with Crippen LogP contribution in [-0.4, -0.2) is 24.0 Å². The van der Waals surface area contributed by atoms with Crippen LogP contribution in [0.3, 0.4) is 0 Å². The van der Waals surface area contributed by atoms with Crippen molar-refractivity contribution in [2.75, 3.05) is 12.4 Å². The van der Waals surface area contributed by atoms with Crippen LogP contribution in [0.1, 0.15) is 26.4 Å². The molecule has 0 radical (unpaired) electrons. The van der Waals surface area contributed by atoms with Gasteiger partial charge in [-0.15, -0.1) is 0 Å². The van der Waals surface area contributed by atoms with Gasteiger partial charge in [0.1, 0.15) is 5.56 Å². The van der Waals surface area contributed by atoms with Crippen LogP contribution in [0.25, 0.3) is 0 Å². The Bertz CT molecular complexity index is 749. The van der Waals surface area contributed by atoms with Gasteiger partial charge in [-0.2, -0.15) is 0 Å². The van der Waals surface area contributed by atoms with Gasteiger partial charge in [0, 0.05) is 23.6 Å². The third-order valence-electron chi connectivity index (χ3n) is 2.84. The van der Waals surface area contributed by atoms with E-state index in [1.54, 1.807) is 25.1 Å². The highest BCUT2D eigenvalue weighted by Crippen LogP contribution is 2.12. The Morgan fingerprint density at radius 2 is 2.00 bits per heavy atom. The van der Waals surface area contributed by atoms with E-state index >= 15 is 0 Å². The number of pyridine rings is 1. The predicted octanol–water partition coefficient (Wildman–Crippen LogP) is 1.72. The van der Waals surface area contributed by atoms with E-state index < -0.39 is 11.9 Å². The number of methoxy groups -OCH3 is 1. The number of H-pyrrole nitrogens is 1. The van der Waals surface area contributed by atoms with Crippen LogP contribution in [-0.2, 0) is 4.74 Å². The summed E-state index contributed by atoms with van der Waals surface area (Å²) in [6, 6.07) is 7.63. The van der Waals surface area contributed by atoms with Gasteiger partial charge < -0.3 is 15.0 Å². The smallest absolute Gasteiger partial charge is 0.337 e. The lowest BCUT2D eigenvalue weighted by molar-refractivity contribution is 0.0600. The van der Waals surface area contributed by atoms with Gasteiger partial charge in [0.15, 0.2) is 5.43 Å². The number of hydrogen-bond donors (Lipinski definition) is 2. The first kappa shape index (κ1) is 14.5. The highest BCUT2D eigenvalue weighted by molar-refractivity contribution is 6.04. The van der Waals surface area contributed by atoms with Crippen molar-refractivity contribution in [2.45, 2.75) is 6.92 Å². The van der Waals surface area contributed by atoms with Gasteiger partial charge in [-0.05, 0) is 25.1 Å². The first-order valence-electron chi connectivity index (χ1n) is 6.20. The summed E-state index contributed by atoms with van der Waals surface area (Å²) < 4.78 is 4.61. The Morgan fingerprint density at radius 1 is 1.24 bits per heavy atom. The molecule has 0 spiro atoms. The molecule has 6 nitrogen and oxygen atoms in total. The lowest BCUT2D eigenvalue weighted by Gasteiger charge is -2.06. The minimum atomic E-state index is -0.543. The first-order chi connectivity index (χ1) is 10.0. The monoisotopic (exact) mass is 286 g/mol. The Morgan fingerprint density at radius 3 is 2.67 bits per heavy atom. The zero-order valence-electron chi connectivity index (χ0n) is 11.6. The van der Waals surface area contributed by atoms with Crippen LogP contribution >= 0.6 is 0 Å². The molecule has 1 aromatic heterocycles. The van der Waals surface area contributed by atoms with E-state index in [0.717, 1.165) is 0 Å². The molecule has 1 aromatic carbocycles. The zero-order chi connectivity index (χ0) is 15.4. The second kappa shape index (κ2) is 6.04. The van der Waals surface area contributed by atoms with Crippen LogP contribution in [0.5, 0.6) is 0 Å². The van der Waals surface area contributed by atoms with Crippen molar-refractivity contribution in [2.24, 2.45) is 0 Å². The summed E-state index contributed by atoms with van der Waals surface area (Å²) in [6.45, 7) is 1.73. The Labute approximate surface area is 120 Å². The highest BCUT2D eigenvalue weighted by atomic mass is 16.5. The number of anilines is 1. The molecular formula is C15H14N2O4. The number of benzene rings is 1. The topological polar surface area (TPSA) is 88.3 Å². The average molecular weight is 286 g/mol. The molecule has 0 aliphatic carbocycles. The highest BCUT2D eigenvalue weighted by Gasteiger charge is 2.12. The van der Waals surface area contributed by atoms with Gasteiger partial charge in [0.25, 0.3) is 5.91 Å². The largest absolute Gasteiger partial charge is 0.465 e. The number of carbonyl (C=O) groups is 2. The van der Waals surface area contributed by atoms with E-state index in [9.17, 15) is 14.4 Å². The molecule has 1 heterocycles. The number of hydrogen-bond acceptors (Lipinski definition) is 4. The number of aryl methyl sites for hydroxylation is 1. The summed E-state index contributed by atoms with van der Waals surface area (Å²) in [5, 5.41) is 2.57. The number of aromatic nitrogens is 1. The third-order valence-corrected chi connectivity index (χ3v) is 2.84. The normalized spacial score (nSPS) is 10.0. The average Bonchev–Trinajstić information content (AvgIpc) is 2.46. The number of esters is 1. The van der Waals surface area contributed by atoms with Crippen molar-refractivity contribution in [3.63, 3.8) is 0 Å². The van der Waals surface area contributed by atoms with Crippen molar-refractivity contribution >= 4 is 17.6 Å². The van der Waals surface area contributed by atoms with Crippen molar-refractivity contribution in [3.05, 3.63) is 63.6 Å². The van der Waals surface area contributed by atoms with E-state index in [0.29, 0.717) is 16.9 Å². The van der Waals surface area contributed by atoms with Gasteiger partial charge >= 0.3 is 5.97 Å². The molecule has 1 amide bonds. The van der Waals surface area contributed by atoms with Gasteiger partial charge in [-0.3, -0.25) is 9.59 Å². The molecule has 6 heteroatoms. The maximum absolute atomic E-state index is 12.0. The van der Waals surface area contributed by atoms with Crippen LogP contribution in [0, 0.1) is 6.92 Å². The van der Waals surface area contributed by atoms with Gasteiger partial charge in [-0.1, -0.05) is 6.07 Å². The van der Waals surface area contributed by atoms with Crippen LogP contribution in [0.2, 0.25) is 0 Å². The van der Waals surface area contributed by atoms with Crippen molar-refractivity contribution < 1.29 is 14.3 Å². The number of carbonyl (C=O) groups excluding carboxylic acids is 2. The summed E-state index contributed by atoms with van der Waals surface area (Å²) >= 11 is 0. The molecule has 0 bridgehead atoms. The Hall–Kier alpha value is -2.89. The molecule has 0 saturated carbocycles. The molecule has 108 valence electrons.